The molecule has 0 atom stereocenters. The zero-order valence-electron chi connectivity index (χ0n) is 35.6. The quantitative estimate of drug-likeness (QED) is 0.121. The summed E-state index contributed by atoms with van der Waals surface area (Å²) in [5, 5.41) is 9.90. The summed E-state index contributed by atoms with van der Waals surface area (Å²) in [6, 6.07) is 0. The molecule has 0 bridgehead atoms. The van der Waals surface area contributed by atoms with E-state index in [1.54, 1.807) is 13.8 Å². The van der Waals surface area contributed by atoms with Gasteiger partial charge in [0.1, 0.15) is 0 Å². The zero-order chi connectivity index (χ0) is 37.2. The molecule has 0 aliphatic carbocycles. The van der Waals surface area contributed by atoms with Gasteiger partial charge in [-0.25, -0.2) is 0 Å². The molecule has 0 aromatic heterocycles. The van der Waals surface area contributed by atoms with Crippen LogP contribution in [0.2, 0.25) is 0 Å². The predicted octanol–water partition coefficient (Wildman–Crippen LogP) is 12.3. The molecule has 0 aliphatic rings. The first-order chi connectivity index (χ1) is 19.8. The monoisotopic (exact) mass is 954 g/mol. The Morgan fingerprint density at radius 1 is 0.551 bits per heavy atom. The summed E-state index contributed by atoms with van der Waals surface area (Å²) in [4.78, 5) is 24.9. The number of ether oxygens (including phenoxy) is 1. The Kier molecular flexibility index (Phi) is 21.7. The summed E-state index contributed by atoms with van der Waals surface area (Å²) in [7, 11) is 0. The van der Waals surface area contributed by atoms with Crippen LogP contribution in [-0.2, 0) is 72.8 Å². The van der Waals surface area contributed by atoms with Crippen LogP contribution in [0.4, 0.5) is 0 Å². The molecule has 3 radical (unpaired) electrons. The predicted molar refractivity (Wildman–Crippen MR) is 199 cm³/mol. The molecule has 2 amide bonds. The van der Waals surface area contributed by atoms with Gasteiger partial charge in [0, 0.05) is 17.4 Å². The SMILES string of the molecule is CC(C)(C)CC(C)(C)[N-]C(C)(C)CC(C)(C)C(C)(C)CCOC(C)(C)C(C)(C)CC(C)(C)C[N-]C(=O)C(C)(C)CC(C)(C)C([NH-])=O.[Ru+].[Ru+].[Ru+]. The summed E-state index contributed by atoms with van der Waals surface area (Å²) in [5.74, 6) is -0.860. The smallest absolute Gasteiger partial charge is 0.667 e. The number of hydrogen-bond acceptors (Lipinski definition) is 3. The standard InChI is InChI=1S/C40H80N3O3.3Ru/c1-31(2,3)24-38(16,17)43-39(18,19)27-36(12,13)35(10,11)22-23-46-40(20,21)37(14,15)25-32(4,5)28-42-30(45)34(8,9)26-33(6,7)29(41)44;;;/h22-28H2,1-21H3,(H3,41,42,44,45);;;/q-1;3*+1/p-2. The van der Waals surface area contributed by atoms with Crippen molar-refractivity contribution in [3.05, 3.63) is 16.4 Å². The summed E-state index contributed by atoms with van der Waals surface area (Å²) in [6.45, 7) is 46.9. The van der Waals surface area contributed by atoms with Gasteiger partial charge in [-0.3, -0.25) is 0 Å². The van der Waals surface area contributed by atoms with Gasteiger partial charge < -0.3 is 30.7 Å². The molecule has 295 valence electrons. The molecule has 49 heavy (non-hydrogen) atoms. The van der Waals surface area contributed by atoms with Crippen LogP contribution in [0, 0.1) is 37.9 Å². The summed E-state index contributed by atoms with van der Waals surface area (Å²) >= 11 is 0. The Hall–Kier alpha value is 0.730. The first-order valence-corrected chi connectivity index (χ1v) is 17.7. The minimum Gasteiger partial charge on any atom is -0.667 e. The molecule has 0 saturated carbocycles. The van der Waals surface area contributed by atoms with E-state index in [-0.39, 0.29) is 102 Å². The van der Waals surface area contributed by atoms with Gasteiger partial charge in [-0.2, -0.15) is 0 Å². The molecule has 0 aromatic carbocycles. The van der Waals surface area contributed by atoms with Crippen molar-refractivity contribution in [2.45, 2.75) is 194 Å². The molecular weight excluding hydrogens is 874 g/mol. The van der Waals surface area contributed by atoms with Crippen LogP contribution in [0.3, 0.4) is 0 Å². The Bertz CT molecular complexity index is 1040. The topological polar surface area (TPSA) is 95.4 Å². The molecule has 0 unspecified atom stereocenters. The van der Waals surface area contributed by atoms with Crippen molar-refractivity contribution in [2.75, 3.05) is 13.2 Å². The number of carbonyl (C=O) groups excluding carboxylic acids is 2. The largest absolute Gasteiger partial charge is 1.00 e. The van der Waals surface area contributed by atoms with Gasteiger partial charge in [-0.1, -0.05) is 150 Å². The van der Waals surface area contributed by atoms with E-state index in [2.05, 4.69) is 123 Å². The van der Waals surface area contributed by atoms with E-state index in [4.69, 9.17) is 15.8 Å². The average Bonchev–Trinajstić information content (AvgIpc) is 2.71. The molecule has 0 fully saturated rings. The van der Waals surface area contributed by atoms with Crippen molar-refractivity contribution in [2.24, 2.45) is 37.9 Å². The Morgan fingerprint density at radius 3 is 1.39 bits per heavy atom. The number of amides is 2. The van der Waals surface area contributed by atoms with E-state index in [9.17, 15) is 9.59 Å². The minimum atomic E-state index is -0.883. The van der Waals surface area contributed by atoms with Gasteiger partial charge in [0.2, 0.25) is 0 Å². The maximum Gasteiger partial charge on any atom is 1.00 e. The second kappa shape index (κ2) is 18.9. The average molecular weight is 952 g/mol. The summed E-state index contributed by atoms with van der Waals surface area (Å²) in [6.07, 6.45) is 4.13. The number of nitrogens with one attached hydrogen (secondary N) is 1. The second-order valence-corrected chi connectivity index (χ2v) is 21.6. The second-order valence-electron chi connectivity index (χ2n) is 21.6. The number of rotatable bonds is 19. The third kappa shape index (κ3) is 19.1. The van der Waals surface area contributed by atoms with Crippen molar-refractivity contribution in [1.29, 1.82) is 0 Å². The molecule has 0 heterocycles. The van der Waals surface area contributed by atoms with Crippen LogP contribution in [0.25, 0.3) is 16.4 Å². The van der Waals surface area contributed by atoms with E-state index >= 15 is 0 Å². The van der Waals surface area contributed by atoms with Crippen molar-refractivity contribution in [3.63, 3.8) is 0 Å². The van der Waals surface area contributed by atoms with Crippen molar-refractivity contribution >= 4 is 11.8 Å². The van der Waals surface area contributed by atoms with E-state index in [1.807, 2.05) is 13.8 Å². The minimum absolute atomic E-state index is 0. The Morgan fingerprint density at radius 2 is 0.980 bits per heavy atom. The normalized spacial score (nSPS) is 14.3. The molecule has 6 nitrogen and oxygen atoms in total. The number of nitrogens with zero attached hydrogens (tertiary/aromatic N) is 2. The maximum atomic E-state index is 13.1. The van der Waals surface area contributed by atoms with Crippen LogP contribution >= 0.6 is 0 Å². The molecule has 0 spiro atoms. The van der Waals surface area contributed by atoms with Gasteiger partial charge in [0.25, 0.3) is 0 Å². The fourth-order valence-corrected chi connectivity index (χ4v) is 7.84. The van der Waals surface area contributed by atoms with Gasteiger partial charge in [0.05, 0.1) is 17.4 Å². The van der Waals surface area contributed by atoms with Gasteiger partial charge >= 0.3 is 58.4 Å². The molecule has 0 aromatic rings. The first kappa shape index (κ1) is 56.5. The third-order valence-electron chi connectivity index (χ3n) is 10.7. The number of hydrogen-bond donors (Lipinski definition) is 0. The molecule has 0 saturated heterocycles. The summed E-state index contributed by atoms with van der Waals surface area (Å²) in [5.41, 5.74) is 5.18. The van der Waals surface area contributed by atoms with Gasteiger partial charge in [-0.05, 0) is 54.8 Å². The molecule has 0 aliphatic heterocycles. The fraction of sp³-hybridized carbons (Fsp3) is 0.950. The summed E-state index contributed by atoms with van der Waals surface area (Å²) < 4.78 is 6.72. The van der Waals surface area contributed by atoms with E-state index in [1.165, 1.54) is 0 Å². The van der Waals surface area contributed by atoms with E-state index in [0.717, 1.165) is 25.7 Å². The molecular formula is C40H78N3O3Ru3. The van der Waals surface area contributed by atoms with Crippen LogP contribution in [0.1, 0.15) is 178 Å². The zero-order valence-corrected chi connectivity index (χ0v) is 40.8. The Labute approximate surface area is 343 Å². The molecule has 9 heteroatoms. The maximum absolute atomic E-state index is 13.1. The van der Waals surface area contributed by atoms with Crippen LogP contribution in [0.5, 0.6) is 0 Å². The van der Waals surface area contributed by atoms with Crippen molar-refractivity contribution < 1.29 is 72.8 Å². The fourth-order valence-electron chi connectivity index (χ4n) is 7.84. The first-order valence-electron chi connectivity index (χ1n) is 17.7. The van der Waals surface area contributed by atoms with E-state index in [0.29, 0.717) is 19.6 Å². The van der Waals surface area contributed by atoms with Crippen LogP contribution in [0.15, 0.2) is 0 Å². The third-order valence-corrected chi connectivity index (χ3v) is 10.7. The molecule has 1 N–H and O–H groups in total. The Balaban J connectivity index is -0.00000337. The van der Waals surface area contributed by atoms with E-state index < -0.39 is 22.3 Å². The molecule has 0 rings (SSSR count). The van der Waals surface area contributed by atoms with Crippen molar-refractivity contribution in [3.8, 4) is 0 Å². The number of carbonyl (C=O) groups is 2. The van der Waals surface area contributed by atoms with Crippen LogP contribution < -0.4 is 0 Å². The van der Waals surface area contributed by atoms with Crippen LogP contribution in [-0.4, -0.2) is 41.6 Å². The van der Waals surface area contributed by atoms with Gasteiger partial charge in [0.15, 0.2) is 0 Å². The van der Waals surface area contributed by atoms with Gasteiger partial charge in [-0.15, -0.1) is 17.6 Å². The van der Waals surface area contributed by atoms with Crippen molar-refractivity contribution in [1.82, 2.24) is 0 Å².